The highest BCUT2D eigenvalue weighted by Crippen LogP contribution is 2.33. The molecule has 0 radical (unpaired) electrons. The van der Waals surface area contributed by atoms with E-state index in [1.807, 2.05) is 12.1 Å². The summed E-state index contributed by atoms with van der Waals surface area (Å²) >= 11 is 11.8. The van der Waals surface area contributed by atoms with Crippen LogP contribution in [0, 0.1) is 0 Å². The third kappa shape index (κ3) is 3.65. The van der Waals surface area contributed by atoms with Gasteiger partial charge in [0.2, 0.25) is 0 Å². The fourth-order valence-electron chi connectivity index (χ4n) is 1.89. The maximum absolute atomic E-state index is 9.93. The van der Waals surface area contributed by atoms with E-state index in [4.69, 9.17) is 32.7 Å². The molecule has 0 aliphatic carbocycles. The van der Waals surface area contributed by atoms with Crippen LogP contribution in [0.3, 0.4) is 0 Å². The molecule has 0 fully saturated rings. The van der Waals surface area contributed by atoms with Gasteiger partial charge in [-0.25, -0.2) is 0 Å². The van der Waals surface area contributed by atoms with Gasteiger partial charge < -0.3 is 19.9 Å². The van der Waals surface area contributed by atoms with Gasteiger partial charge in [-0.1, -0.05) is 23.2 Å². The van der Waals surface area contributed by atoms with Crippen LogP contribution in [-0.2, 0) is 6.54 Å². The van der Waals surface area contributed by atoms with Crippen LogP contribution in [0.2, 0.25) is 10.0 Å². The van der Waals surface area contributed by atoms with Gasteiger partial charge in [0.15, 0.2) is 0 Å². The van der Waals surface area contributed by atoms with E-state index in [9.17, 15) is 5.11 Å². The van der Waals surface area contributed by atoms with Crippen molar-refractivity contribution < 1.29 is 14.6 Å². The molecule has 0 saturated carbocycles. The first-order valence-electron chi connectivity index (χ1n) is 6.18. The molecule has 2 rings (SSSR count). The second kappa shape index (κ2) is 6.78. The van der Waals surface area contributed by atoms with E-state index in [2.05, 4.69) is 5.32 Å². The first-order valence-corrected chi connectivity index (χ1v) is 6.93. The number of halogens is 2. The molecule has 0 amide bonds. The Hall–Kier alpha value is -1.78. The number of methoxy groups -OCH3 is 2. The zero-order chi connectivity index (χ0) is 15.4. The Kier molecular flexibility index (Phi) is 5.04. The lowest BCUT2D eigenvalue weighted by atomic mass is 10.2. The van der Waals surface area contributed by atoms with Crippen LogP contribution in [0.4, 0.5) is 5.69 Å². The van der Waals surface area contributed by atoms with Crippen LogP contribution < -0.4 is 14.8 Å². The minimum Gasteiger partial charge on any atom is -0.506 e. The molecule has 0 saturated heterocycles. The van der Waals surface area contributed by atoms with E-state index in [0.717, 1.165) is 5.69 Å². The topological polar surface area (TPSA) is 50.7 Å². The maximum atomic E-state index is 9.93. The molecule has 2 aromatic rings. The van der Waals surface area contributed by atoms with Crippen LogP contribution in [0.15, 0.2) is 30.3 Å². The van der Waals surface area contributed by atoms with Gasteiger partial charge in [0, 0.05) is 23.2 Å². The highest BCUT2D eigenvalue weighted by atomic mass is 35.5. The summed E-state index contributed by atoms with van der Waals surface area (Å²) in [4.78, 5) is 0. The molecule has 4 nitrogen and oxygen atoms in total. The summed E-state index contributed by atoms with van der Waals surface area (Å²) in [5.41, 5.74) is 1.37. The standard InChI is InChI=1S/C15H15Cl2NO3/c1-20-11-3-4-13(14(7-11)21-2)18-8-9-5-10(16)6-12(17)15(9)19/h3-7,18-19H,8H2,1-2H3. The second-order valence-electron chi connectivity index (χ2n) is 4.32. The summed E-state index contributed by atoms with van der Waals surface area (Å²) in [5.74, 6) is 1.36. The smallest absolute Gasteiger partial charge is 0.145 e. The van der Waals surface area contributed by atoms with E-state index in [-0.39, 0.29) is 10.8 Å². The Morgan fingerprint density at radius 1 is 1.10 bits per heavy atom. The van der Waals surface area contributed by atoms with Gasteiger partial charge in [0.1, 0.15) is 17.2 Å². The van der Waals surface area contributed by atoms with Crippen molar-refractivity contribution in [2.45, 2.75) is 6.54 Å². The monoisotopic (exact) mass is 327 g/mol. The fraction of sp³-hybridized carbons (Fsp3) is 0.200. The molecule has 2 aromatic carbocycles. The maximum Gasteiger partial charge on any atom is 0.145 e. The third-order valence-electron chi connectivity index (χ3n) is 2.99. The van der Waals surface area contributed by atoms with Gasteiger partial charge in [0.25, 0.3) is 0 Å². The normalized spacial score (nSPS) is 10.3. The minimum absolute atomic E-state index is 0.0149. The van der Waals surface area contributed by atoms with Crippen LogP contribution in [0.1, 0.15) is 5.56 Å². The summed E-state index contributed by atoms with van der Waals surface area (Å²) in [6, 6.07) is 8.57. The lowest BCUT2D eigenvalue weighted by molar-refractivity contribution is 0.395. The Morgan fingerprint density at radius 3 is 2.52 bits per heavy atom. The van der Waals surface area contributed by atoms with Crippen LogP contribution in [-0.4, -0.2) is 19.3 Å². The number of nitrogens with one attached hydrogen (secondary N) is 1. The average molecular weight is 328 g/mol. The van der Waals surface area contributed by atoms with Gasteiger partial charge >= 0.3 is 0 Å². The predicted octanol–water partition coefficient (Wildman–Crippen LogP) is 4.33. The van der Waals surface area contributed by atoms with Gasteiger partial charge in [-0.3, -0.25) is 0 Å². The molecule has 0 aliphatic heterocycles. The van der Waals surface area contributed by atoms with E-state index in [1.54, 1.807) is 26.4 Å². The number of phenols is 1. The van der Waals surface area contributed by atoms with E-state index in [1.165, 1.54) is 6.07 Å². The molecule has 0 unspecified atom stereocenters. The van der Waals surface area contributed by atoms with Gasteiger partial charge in [-0.05, 0) is 24.3 Å². The molecule has 112 valence electrons. The van der Waals surface area contributed by atoms with Crippen molar-refractivity contribution in [3.05, 3.63) is 45.9 Å². The van der Waals surface area contributed by atoms with Gasteiger partial charge in [0.05, 0.1) is 24.9 Å². The summed E-state index contributed by atoms with van der Waals surface area (Å²) in [7, 11) is 3.17. The molecular formula is C15H15Cl2NO3. The number of rotatable bonds is 5. The number of hydrogen-bond acceptors (Lipinski definition) is 4. The van der Waals surface area contributed by atoms with Gasteiger partial charge in [-0.15, -0.1) is 0 Å². The Balaban J connectivity index is 2.20. The van der Waals surface area contributed by atoms with Crippen molar-refractivity contribution in [3.63, 3.8) is 0 Å². The van der Waals surface area contributed by atoms with Crippen LogP contribution in [0.5, 0.6) is 17.2 Å². The highest BCUT2D eigenvalue weighted by Gasteiger charge is 2.10. The van der Waals surface area contributed by atoms with Crippen molar-refractivity contribution in [1.82, 2.24) is 0 Å². The minimum atomic E-state index is 0.0149. The molecule has 0 atom stereocenters. The van der Waals surface area contributed by atoms with Gasteiger partial charge in [-0.2, -0.15) is 0 Å². The molecule has 0 spiro atoms. The van der Waals surface area contributed by atoms with Crippen molar-refractivity contribution in [2.75, 3.05) is 19.5 Å². The third-order valence-corrected chi connectivity index (χ3v) is 3.49. The summed E-state index contributed by atoms with van der Waals surface area (Å²) in [6.45, 7) is 0.356. The van der Waals surface area contributed by atoms with Crippen molar-refractivity contribution in [2.24, 2.45) is 0 Å². The Bertz CT molecular complexity index is 647. The molecule has 6 heteroatoms. The molecule has 0 aromatic heterocycles. The molecule has 2 N–H and O–H groups in total. The van der Waals surface area contributed by atoms with E-state index in [0.29, 0.717) is 28.6 Å². The number of anilines is 1. The molecule has 0 heterocycles. The lowest BCUT2D eigenvalue weighted by Crippen LogP contribution is -2.02. The van der Waals surface area contributed by atoms with Crippen molar-refractivity contribution in [3.8, 4) is 17.2 Å². The van der Waals surface area contributed by atoms with Crippen LogP contribution in [0.25, 0.3) is 0 Å². The molecule has 0 aliphatic rings. The number of benzene rings is 2. The first-order chi connectivity index (χ1) is 10.0. The number of phenolic OH excluding ortho intramolecular Hbond substituents is 1. The average Bonchev–Trinajstić information content (AvgIpc) is 2.49. The highest BCUT2D eigenvalue weighted by molar-refractivity contribution is 6.35. The number of aromatic hydroxyl groups is 1. The summed E-state index contributed by atoms with van der Waals surface area (Å²) < 4.78 is 10.4. The lowest BCUT2D eigenvalue weighted by Gasteiger charge is -2.13. The Morgan fingerprint density at radius 2 is 1.86 bits per heavy atom. The second-order valence-corrected chi connectivity index (χ2v) is 5.16. The molecule has 21 heavy (non-hydrogen) atoms. The van der Waals surface area contributed by atoms with Crippen molar-refractivity contribution in [1.29, 1.82) is 0 Å². The summed E-state index contributed by atoms with van der Waals surface area (Å²) in [6.07, 6.45) is 0. The summed E-state index contributed by atoms with van der Waals surface area (Å²) in [5, 5.41) is 13.8. The quantitative estimate of drug-likeness (QED) is 0.858. The number of ether oxygens (including phenoxy) is 2. The molecular weight excluding hydrogens is 313 g/mol. The predicted molar refractivity (Wildman–Crippen MR) is 85.0 cm³/mol. The van der Waals surface area contributed by atoms with E-state index < -0.39 is 0 Å². The van der Waals surface area contributed by atoms with Crippen molar-refractivity contribution >= 4 is 28.9 Å². The largest absolute Gasteiger partial charge is 0.506 e. The van der Waals surface area contributed by atoms with Crippen LogP contribution >= 0.6 is 23.2 Å². The zero-order valence-corrected chi connectivity index (χ0v) is 13.1. The van der Waals surface area contributed by atoms with E-state index >= 15 is 0 Å². The number of hydrogen-bond donors (Lipinski definition) is 2. The fourth-order valence-corrected chi connectivity index (χ4v) is 2.42. The SMILES string of the molecule is COc1ccc(NCc2cc(Cl)cc(Cl)c2O)c(OC)c1. The first kappa shape index (κ1) is 15.6. The Labute approximate surface area is 133 Å². The zero-order valence-electron chi connectivity index (χ0n) is 11.6. The molecule has 0 bridgehead atoms.